The predicted octanol–water partition coefficient (Wildman–Crippen LogP) is 1.30. The van der Waals surface area contributed by atoms with Gasteiger partial charge >= 0.3 is 0 Å². The smallest absolute Gasteiger partial charge is 0.0343 e. The maximum absolute atomic E-state index is 5.66. The molecular weight excluding hydrogens is 136 g/mol. The molecule has 0 aliphatic carbocycles. The molecule has 1 rings (SSSR count). The zero-order valence-electron chi connectivity index (χ0n) is 7.02. The van der Waals surface area contributed by atoms with Gasteiger partial charge in [-0.1, -0.05) is 12.1 Å². The van der Waals surface area contributed by atoms with Gasteiger partial charge in [-0.05, 0) is 31.2 Å². The van der Waals surface area contributed by atoms with Gasteiger partial charge in [0.15, 0.2) is 0 Å². The van der Waals surface area contributed by atoms with Crippen LogP contribution in [-0.4, -0.2) is 7.05 Å². The van der Waals surface area contributed by atoms with E-state index in [9.17, 15) is 0 Å². The molecule has 0 aromatic heterocycles. The van der Waals surface area contributed by atoms with Crippen molar-refractivity contribution in [3.8, 4) is 0 Å². The van der Waals surface area contributed by atoms with E-state index in [0.717, 1.165) is 17.8 Å². The van der Waals surface area contributed by atoms with Crippen molar-refractivity contribution in [2.45, 2.75) is 13.5 Å². The zero-order chi connectivity index (χ0) is 8.27. The molecule has 1 aromatic carbocycles. The highest BCUT2D eigenvalue weighted by atomic mass is 14.8. The van der Waals surface area contributed by atoms with E-state index in [4.69, 9.17) is 5.73 Å². The highest BCUT2D eigenvalue weighted by Gasteiger charge is 1.94. The molecule has 0 amide bonds. The topological polar surface area (TPSA) is 38.0 Å². The number of benzene rings is 1. The number of hydrogen-bond donors (Lipinski definition) is 2. The molecule has 0 spiro atoms. The van der Waals surface area contributed by atoms with Gasteiger partial charge in [-0.3, -0.25) is 0 Å². The lowest BCUT2D eigenvalue weighted by Gasteiger charge is -2.03. The molecule has 3 N–H and O–H groups in total. The summed E-state index contributed by atoms with van der Waals surface area (Å²) in [5.74, 6) is 0. The Hall–Kier alpha value is -1.02. The van der Waals surface area contributed by atoms with E-state index in [0.29, 0.717) is 0 Å². The van der Waals surface area contributed by atoms with Gasteiger partial charge < -0.3 is 11.1 Å². The Balaban J connectivity index is 2.86. The van der Waals surface area contributed by atoms with Gasteiger partial charge in [0.25, 0.3) is 0 Å². The Kier molecular flexibility index (Phi) is 2.49. The van der Waals surface area contributed by atoms with E-state index in [1.807, 2.05) is 26.1 Å². The van der Waals surface area contributed by atoms with Crippen LogP contribution in [0.25, 0.3) is 0 Å². The molecule has 0 radical (unpaired) electrons. The zero-order valence-corrected chi connectivity index (χ0v) is 7.02. The minimum atomic E-state index is 0.866. The Morgan fingerprint density at radius 1 is 1.45 bits per heavy atom. The van der Waals surface area contributed by atoms with Gasteiger partial charge in [-0.25, -0.2) is 0 Å². The molecule has 0 aliphatic rings. The fraction of sp³-hybridized carbons (Fsp3) is 0.333. The summed E-state index contributed by atoms with van der Waals surface area (Å²) in [4.78, 5) is 0. The van der Waals surface area contributed by atoms with Crippen molar-refractivity contribution in [1.82, 2.24) is 5.32 Å². The van der Waals surface area contributed by atoms with Gasteiger partial charge in [-0.2, -0.15) is 0 Å². The minimum absolute atomic E-state index is 0.866. The van der Waals surface area contributed by atoms with Crippen molar-refractivity contribution in [2.75, 3.05) is 12.8 Å². The molecule has 0 bridgehead atoms. The number of hydrogen-bond acceptors (Lipinski definition) is 2. The summed E-state index contributed by atoms with van der Waals surface area (Å²) < 4.78 is 0. The van der Waals surface area contributed by atoms with Gasteiger partial charge in [0.1, 0.15) is 0 Å². The van der Waals surface area contributed by atoms with E-state index < -0.39 is 0 Å². The summed E-state index contributed by atoms with van der Waals surface area (Å²) in [6.07, 6.45) is 0. The molecule has 0 fully saturated rings. The fourth-order valence-corrected chi connectivity index (χ4v) is 1.05. The molecule has 0 aliphatic heterocycles. The monoisotopic (exact) mass is 150 g/mol. The highest BCUT2D eigenvalue weighted by Crippen LogP contribution is 2.11. The van der Waals surface area contributed by atoms with Crippen molar-refractivity contribution < 1.29 is 0 Å². The van der Waals surface area contributed by atoms with Crippen LogP contribution in [0.1, 0.15) is 11.1 Å². The molecular formula is C9H14N2. The predicted molar refractivity (Wildman–Crippen MR) is 48.4 cm³/mol. The van der Waals surface area contributed by atoms with Crippen LogP contribution < -0.4 is 11.1 Å². The van der Waals surface area contributed by atoms with E-state index in [2.05, 4.69) is 11.4 Å². The van der Waals surface area contributed by atoms with E-state index in [1.54, 1.807) is 0 Å². The Morgan fingerprint density at radius 3 is 2.73 bits per heavy atom. The first-order chi connectivity index (χ1) is 5.24. The molecule has 60 valence electrons. The third-order valence-electron chi connectivity index (χ3n) is 1.72. The summed E-state index contributed by atoms with van der Waals surface area (Å²) in [6, 6.07) is 6.09. The Labute approximate surface area is 67.4 Å². The van der Waals surface area contributed by atoms with Crippen LogP contribution in [0.4, 0.5) is 5.69 Å². The first kappa shape index (κ1) is 8.08. The highest BCUT2D eigenvalue weighted by molar-refractivity contribution is 5.47. The largest absolute Gasteiger partial charge is 0.399 e. The molecule has 11 heavy (non-hydrogen) atoms. The number of nitrogen functional groups attached to an aromatic ring is 1. The van der Waals surface area contributed by atoms with Crippen molar-refractivity contribution in [3.05, 3.63) is 29.3 Å². The molecule has 1 aromatic rings. The Bertz CT molecular complexity index is 243. The summed E-state index contributed by atoms with van der Waals surface area (Å²) in [5.41, 5.74) is 8.96. The second-order valence-electron chi connectivity index (χ2n) is 2.72. The molecule has 0 atom stereocenters. The summed E-state index contributed by atoms with van der Waals surface area (Å²) in [5, 5.41) is 3.09. The maximum atomic E-state index is 5.66. The first-order valence-corrected chi connectivity index (χ1v) is 3.73. The molecule has 0 unspecified atom stereocenters. The van der Waals surface area contributed by atoms with Crippen molar-refractivity contribution in [3.63, 3.8) is 0 Å². The summed E-state index contributed by atoms with van der Waals surface area (Å²) in [6.45, 7) is 2.93. The van der Waals surface area contributed by atoms with Crippen LogP contribution in [0.5, 0.6) is 0 Å². The van der Waals surface area contributed by atoms with E-state index in [-0.39, 0.29) is 0 Å². The minimum Gasteiger partial charge on any atom is -0.399 e. The molecule has 2 nitrogen and oxygen atoms in total. The third kappa shape index (κ3) is 1.95. The number of nitrogens with one attached hydrogen (secondary N) is 1. The van der Waals surface area contributed by atoms with Crippen LogP contribution in [0.2, 0.25) is 0 Å². The maximum Gasteiger partial charge on any atom is 0.0343 e. The molecule has 0 heterocycles. The van der Waals surface area contributed by atoms with Crippen LogP contribution in [-0.2, 0) is 6.54 Å². The second-order valence-corrected chi connectivity index (χ2v) is 2.72. The Morgan fingerprint density at radius 2 is 2.18 bits per heavy atom. The normalized spacial score (nSPS) is 10.0. The fourth-order valence-electron chi connectivity index (χ4n) is 1.05. The second kappa shape index (κ2) is 3.39. The van der Waals surface area contributed by atoms with Crippen molar-refractivity contribution in [1.29, 1.82) is 0 Å². The van der Waals surface area contributed by atoms with Gasteiger partial charge in [-0.15, -0.1) is 0 Å². The quantitative estimate of drug-likeness (QED) is 0.623. The third-order valence-corrected chi connectivity index (χ3v) is 1.72. The number of rotatable bonds is 2. The lowest BCUT2D eigenvalue weighted by atomic mass is 10.1. The standard InChI is InChI=1S/C9H14N2/c1-7-5-8(6-11-2)3-4-9(7)10/h3-5,11H,6,10H2,1-2H3. The van der Waals surface area contributed by atoms with Gasteiger partial charge in [0, 0.05) is 12.2 Å². The van der Waals surface area contributed by atoms with Gasteiger partial charge in [0.05, 0.1) is 0 Å². The molecule has 0 saturated carbocycles. The van der Waals surface area contributed by atoms with Crippen LogP contribution in [0, 0.1) is 6.92 Å². The average Bonchev–Trinajstić information content (AvgIpc) is 1.98. The number of aryl methyl sites for hydroxylation is 1. The molecule has 0 saturated heterocycles. The van der Waals surface area contributed by atoms with Crippen LogP contribution in [0.15, 0.2) is 18.2 Å². The van der Waals surface area contributed by atoms with Gasteiger partial charge in [0.2, 0.25) is 0 Å². The van der Waals surface area contributed by atoms with Crippen molar-refractivity contribution >= 4 is 5.69 Å². The lowest BCUT2D eigenvalue weighted by Crippen LogP contribution is -2.05. The van der Waals surface area contributed by atoms with Crippen molar-refractivity contribution in [2.24, 2.45) is 0 Å². The number of anilines is 1. The molecule has 2 heteroatoms. The van der Waals surface area contributed by atoms with E-state index in [1.165, 1.54) is 5.56 Å². The summed E-state index contributed by atoms with van der Waals surface area (Å²) >= 11 is 0. The average molecular weight is 150 g/mol. The summed E-state index contributed by atoms with van der Waals surface area (Å²) in [7, 11) is 1.94. The SMILES string of the molecule is CNCc1ccc(N)c(C)c1. The van der Waals surface area contributed by atoms with E-state index >= 15 is 0 Å². The van der Waals surface area contributed by atoms with Crippen LogP contribution >= 0.6 is 0 Å². The number of nitrogens with two attached hydrogens (primary N) is 1. The lowest BCUT2D eigenvalue weighted by molar-refractivity contribution is 0.817. The van der Waals surface area contributed by atoms with Crippen LogP contribution in [0.3, 0.4) is 0 Å². The first-order valence-electron chi connectivity index (χ1n) is 3.73.